The summed E-state index contributed by atoms with van der Waals surface area (Å²) in [7, 11) is 2.11. The number of likely N-dealkylation sites (tertiary alicyclic amines) is 1. The maximum Gasteiger partial charge on any atom is 0.319 e. The van der Waals surface area contributed by atoms with Gasteiger partial charge in [0.15, 0.2) is 5.75 Å². The third-order valence-electron chi connectivity index (χ3n) is 8.41. The normalized spacial score (nSPS) is 26.7. The maximum absolute atomic E-state index is 14.9. The van der Waals surface area contributed by atoms with Crippen LogP contribution in [0.2, 0.25) is 5.02 Å². The van der Waals surface area contributed by atoms with Gasteiger partial charge in [-0.2, -0.15) is 9.97 Å². The molecule has 0 amide bonds. The van der Waals surface area contributed by atoms with Crippen molar-refractivity contribution in [3.8, 4) is 28.6 Å². The summed E-state index contributed by atoms with van der Waals surface area (Å²) in [5.41, 5.74) is 0.890. The Morgan fingerprint density at radius 3 is 2.97 bits per heavy atom. The van der Waals surface area contributed by atoms with Gasteiger partial charge in [0.1, 0.15) is 30.6 Å². The predicted octanol–water partition coefficient (Wildman–Crippen LogP) is 3.97. The number of likely N-dealkylation sites (N-methyl/N-ethyl adjacent to an activating group) is 1. The number of phenolic OH excluding ortho intramolecular Hbond substituents is 1. The Morgan fingerprint density at radius 1 is 1.27 bits per heavy atom. The first-order chi connectivity index (χ1) is 18.0. The van der Waals surface area contributed by atoms with Crippen LogP contribution in [0.3, 0.4) is 0 Å². The minimum atomic E-state index is -0.573. The molecule has 194 valence electrons. The van der Waals surface area contributed by atoms with Crippen molar-refractivity contribution in [2.45, 2.75) is 49.9 Å². The minimum absolute atomic E-state index is 0.0205. The fourth-order valence-electron chi connectivity index (χ4n) is 6.44. The zero-order valence-corrected chi connectivity index (χ0v) is 21.3. The second-order valence-electron chi connectivity index (χ2n) is 10.6. The van der Waals surface area contributed by atoms with Crippen molar-refractivity contribution in [1.29, 1.82) is 0 Å². The van der Waals surface area contributed by atoms with Crippen molar-refractivity contribution in [2.24, 2.45) is 0 Å². The summed E-state index contributed by atoms with van der Waals surface area (Å²) >= 11 is 6.90. The molecule has 4 aliphatic heterocycles. The number of benzene rings is 2. The zero-order valence-electron chi connectivity index (χ0n) is 20.6. The van der Waals surface area contributed by atoms with Gasteiger partial charge in [0, 0.05) is 30.2 Å². The van der Waals surface area contributed by atoms with Crippen molar-refractivity contribution in [3.05, 3.63) is 35.1 Å². The quantitative estimate of drug-likeness (QED) is 0.529. The minimum Gasteiger partial charge on any atom is -0.507 e. The molecule has 7 rings (SSSR count). The molecule has 0 spiro atoms. The first-order valence-corrected chi connectivity index (χ1v) is 13.4. The smallest absolute Gasteiger partial charge is 0.319 e. The van der Waals surface area contributed by atoms with Gasteiger partial charge in [0.2, 0.25) is 0 Å². The summed E-state index contributed by atoms with van der Waals surface area (Å²) in [6, 6.07) is 7.24. The van der Waals surface area contributed by atoms with Gasteiger partial charge in [-0.05, 0) is 57.5 Å². The molecule has 2 bridgehead atoms. The molecule has 10 heteroatoms. The number of rotatable bonds is 4. The highest BCUT2D eigenvalue weighted by Crippen LogP contribution is 2.49. The SMILES string of the molecule is CN1CCC[C@H]1COc1nc2c3c(c(Cl)c(-c4c(O)cccc4F)cc3n1)OCC1C3CCC(CN21)N3. The second kappa shape index (κ2) is 8.85. The van der Waals surface area contributed by atoms with Crippen molar-refractivity contribution in [3.63, 3.8) is 0 Å². The van der Waals surface area contributed by atoms with E-state index in [1.54, 1.807) is 6.07 Å². The molecule has 0 aliphatic carbocycles. The summed E-state index contributed by atoms with van der Waals surface area (Å²) < 4.78 is 27.5. The lowest BCUT2D eigenvalue weighted by Crippen LogP contribution is -2.60. The summed E-state index contributed by atoms with van der Waals surface area (Å²) in [6.07, 6.45) is 4.40. The van der Waals surface area contributed by atoms with Crippen LogP contribution in [-0.2, 0) is 0 Å². The number of ether oxygens (including phenoxy) is 2. The number of anilines is 1. The molecule has 2 N–H and O–H groups in total. The summed E-state index contributed by atoms with van der Waals surface area (Å²) in [5.74, 6) is 0.383. The third-order valence-corrected chi connectivity index (χ3v) is 8.78. The average Bonchev–Trinajstić information content (AvgIpc) is 3.43. The number of hydrogen-bond acceptors (Lipinski definition) is 8. The highest BCUT2D eigenvalue weighted by molar-refractivity contribution is 6.36. The average molecular weight is 526 g/mol. The van der Waals surface area contributed by atoms with Crippen LogP contribution in [0.4, 0.5) is 10.2 Å². The van der Waals surface area contributed by atoms with E-state index in [4.69, 9.17) is 31.0 Å². The van der Waals surface area contributed by atoms with Crippen LogP contribution in [0.1, 0.15) is 25.7 Å². The molecule has 0 saturated carbocycles. The Balaban J connectivity index is 1.40. The fourth-order valence-corrected chi connectivity index (χ4v) is 6.73. The van der Waals surface area contributed by atoms with Gasteiger partial charge >= 0.3 is 6.01 Å². The number of piperazine rings is 1. The molecular formula is C27H29ClFN5O3. The number of phenols is 1. The topological polar surface area (TPSA) is 83.0 Å². The van der Waals surface area contributed by atoms with Gasteiger partial charge in [0.05, 0.1) is 27.5 Å². The molecule has 5 heterocycles. The van der Waals surface area contributed by atoms with E-state index in [1.807, 2.05) is 0 Å². The Morgan fingerprint density at radius 2 is 2.16 bits per heavy atom. The monoisotopic (exact) mass is 525 g/mol. The molecule has 3 aromatic rings. The molecule has 4 atom stereocenters. The van der Waals surface area contributed by atoms with Crippen LogP contribution in [0, 0.1) is 5.82 Å². The molecule has 8 nitrogen and oxygen atoms in total. The largest absolute Gasteiger partial charge is 0.507 e. The molecule has 1 aromatic heterocycles. The number of hydrogen-bond donors (Lipinski definition) is 2. The van der Waals surface area contributed by atoms with Gasteiger partial charge in [0.25, 0.3) is 0 Å². The van der Waals surface area contributed by atoms with E-state index < -0.39 is 5.82 Å². The Hall–Kier alpha value is -2.88. The Bertz CT molecular complexity index is 1370. The van der Waals surface area contributed by atoms with Gasteiger partial charge in [-0.25, -0.2) is 4.39 Å². The summed E-state index contributed by atoms with van der Waals surface area (Å²) in [4.78, 5) is 14.3. The van der Waals surface area contributed by atoms with Gasteiger partial charge < -0.3 is 29.7 Å². The van der Waals surface area contributed by atoms with E-state index >= 15 is 0 Å². The van der Waals surface area contributed by atoms with Crippen LogP contribution in [0.25, 0.3) is 22.0 Å². The van der Waals surface area contributed by atoms with Crippen molar-refractivity contribution < 1.29 is 19.0 Å². The van der Waals surface area contributed by atoms with E-state index in [2.05, 4.69) is 22.2 Å². The van der Waals surface area contributed by atoms with Crippen LogP contribution >= 0.6 is 11.6 Å². The highest BCUT2D eigenvalue weighted by Gasteiger charge is 2.44. The van der Waals surface area contributed by atoms with E-state index in [0.29, 0.717) is 47.5 Å². The number of aromatic hydroxyl groups is 1. The molecule has 3 fully saturated rings. The van der Waals surface area contributed by atoms with E-state index in [-0.39, 0.29) is 34.4 Å². The lowest BCUT2D eigenvalue weighted by Gasteiger charge is -2.40. The maximum atomic E-state index is 14.9. The molecule has 3 unspecified atom stereocenters. The van der Waals surface area contributed by atoms with Crippen LogP contribution in [0.15, 0.2) is 24.3 Å². The molecular weight excluding hydrogens is 497 g/mol. The van der Waals surface area contributed by atoms with E-state index in [0.717, 1.165) is 44.6 Å². The standard InChI is InChI=1S/C27H29ClFN5O3/c1-33-9-3-4-15(33)12-37-27-31-19-10-16(22-17(29)5-2-6-21(22)35)24(28)25-23(19)26(32-27)34-11-14-7-8-18(30-14)20(34)13-36-25/h2,5-6,10,14-15,18,20,30,35H,3-4,7-9,11-13H2,1H3/t14?,15-,18?,20?/m0/s1. The fraction of sp³-hybridized carbons (Fsp3) is 0.481. The van der Waals surface area contributed by atoms with E-state index in [9.17, 15) is 9.50 Å². The molecule has 2 aromatic carbocycles. The highest BCUT2D eigenvalue weighted by atomic mass is 35.5. The van der Waals surface area contributed by atoms with Crippen molar-refractivity contribution in [1.82, 2.24) is 20.2 Å². The Kier molecular flexibility index (Phi) is 5.56. The number of fused-ring (bicyclic) bond motifs is 5. The van der Waals surface area contributed by atoms with E-state index in [1.165, 1.54) is 18.2 Å². The second-order valence-corrected chi connectivity index (χ2v) is 11.0. The van der Waals surface area contributed by atoms with Crippen LogP contribution in [-0.4, -0.2) is 77.5 Å². The van der Waals surface area contributed by atoms with Crippen LogP contribution in [0.5, 0.6) is 17.5 Å². The lowest BCUT2D eigenvalue weighted by atomic mass is 10.0. The first kappa shape index (κ1) is 23.3. The first-order valence-electron chi connectivity index (χ1n) is 13.0. The van der Waals surface area contributed by atoms with Gasteiger partial charge in [-0.15, -0.1) is 0 Å². The van der Waals surface area contributed by atoms with Crippen molar-refractivity contribution in [2.75, 3.05) is 38.3 Å². The van der Waals surface area contributed by atoms with Crippen LogP contribution < -0.4 is 19.7 Å². The number of nitrogens with one attached hydrogen (secondary N) is 1. The summed E-state index contributed by atoms with van der Waals surface area (Å²) in [5, 5.41) is 15.2. The molecule has 4 aliphatic rings. The summed E-state index contributed by atoms with van der Waals surface area (Å²) in [6.45, 7) is 2.76. The Labute approximate surface area is 219 Å². The zero-order chi connectivity index (χ0) is 25.3. The molecule has 37 heavy (non-hydrogen) atoms. The van der Waals surface area contributed by atoms with Gasteiger partial charge in [-0.1, -0.05) is 17.7 Å². The van der Waals surface area contributed by atoms with Crippen molar-refractivity contribution >= 4 is 28.3 Å². The molecule has 0 radical (unpaired) electrons. The predicted molar refractivity (Wildman–Crippen MR) is 139 cm³/mol. The lowest BCUT2D eigenvalue weighted by molar-refractivity contribution is 0.188. The molecule has 3 saturated heterocycles. The number of nitrogens with zero attached hydrogens (tertiary/aromatic N) is 4. The number of aromatic nitrogens is 2. The van der Waals surface area contributed by atoms with Gasteiger partial charge in [-0.3, -0.25) is 0 Å². The number of halogens is 2. The third kappa shape index (κ3) is 3.78.